The molecule has 0 fully saturated rings. The van der Waals surface area contributed by atoms with Crippen LogP contribution in [0.1, 0.15) is 15.9 Å². The van der Waals surface area contributed by atoms with Gasteiger partial charge in [0.25, 0.3) is 0 Å². The lowest BCUT2D eigenvalue weighted by molar-refractivity contribution is 0.0734. The molecule has 106 valence electrons. The van der Waals surface area contributed by atoms with E-state index in [0.29, 0.717) is 28.4 Å². The first-order chi connectivity index (χ1) is 10.2. The number of rotatable bonds is 4. The third kappa shape index (κ3) is 3.31. The van der Waals surface area contributed by atoms with Crippen molar-refractivity contribution in [2.24, 2.45) is 0 Å². The summed E-state index contributed by atoms with van der Waals surface area (Å²) in [6, 6.07) is 13.1. The highest BCUT2D eigenvalue weighted by Gasteiger charge is 2.12. The minimum absolute atomic E-state index is 0.344. The maximum absolute atomic E-state index is 12.1. The fraction of sp³-hybridized carbons (Fsp3) is 0.125. The van der Waals surface area contributed by atoms with Gasteiger partial charge in [-0.3, -0.25) is 0 Å². The Kier molecular flexibility index (Phi) is 4.42. The molecule has 0 radical (unpaired) electrons. The Balaban J connectivity index is 2.18. The molecule has 2 aromatic carbocycles. The first kappa shape index (κ1) is 14.4. The predicted molar refractivity (Wildman–Crippen MR) is 75.7 cm³/mol. The van der Waals surface area contributed by atoms with Gasteiger partial charge in [0.15, 0.2) is 11.5 Å². The average molecular weight is 283 g/mol. The molecular weight excluding hydrogens is 270 g/mol. The van der Waals surface area contributed by atoms with Crippen LogP contribution in [0.5, 0.6) is 17.2 Å². The highest BCUT2D eigenvalue weighted by molar-refractivity contribution is 5.91. The summed E-state index contributed by atoms with van der Waals surface area (Å²) >= 11 is 0. The van der Waals surface area contributed by atoms with Gasteiger partial charge in [0, 0.05) is 0 Å². The van der Waals surface area contributed by atoms with Gasteiger partial charge in [-0.05, 0) is 42.5 Å². The molecule has 0 N–H and O–H groups in total. The highest BCUT2D eigenvalue weighted by Crippen LogP contribution is 2.28. The van der Waals surface area contributed by atoms with Crippen molar-refractivity contribution in [1.82, 2.24) is 0 Å². The van der Waals surface area contributed by atoms with E-state index in [0.717, 1.165) is 0 Å². The van der Waals surface area contributed by atoms with Crippen LogP contribution in [-0.2, 0) is 0 Å². The van der Waals surface area contributed by atoms with E-state index in [2.05, 4.69) is 0 Å². The third-order valence-corrected chi connectivity index (χ3v) is 2.81. The van der Waals surface area contributed by atoms with Gasteiger partial charge in [0.1, 0.15) is 5.75 Å². The number of esters is 1. The Morgan fingerprint density at radius 3 is 2.24 bits per heavy atom. The van der Waals surface area contributed by atoms with E-state index in [1.54, 1.807) is 42.5 Å². The lowest BCUT2D eigenvalue weighted by Gasteiger charge is -2.09. The van der Waals surface area contributed by atoms with Crippen molar-refractivity contribution in [3.8, 4) is 23.3 Å². The van der Waals surface area contributed by atoms with Crippen molar-refractivity contribution < 1.29 is 19.0 Å². The Hall–Kier alpha value is -3.00. The molecule has 0 unspecified atom stereocenters. The first-order valence-corrected chi connectivity index (χ1v) is 6.12. The molecule has 2 rings (SSSR count). The van der Waals surface area contributed by atoms with Crippen LogP contribution in [-0.4, -0.2) is 20.2 Å². The molecule has 0 atom stereocenters. The molecule has 21 heavy (non-hydrogen) atoms. The number of hydrogen-bond acceptors (Lipinski definition) is 5. The molecule has 5 nitrogen and oxygen atoms in total. The number of carbonyl (C=O) groups excluding carboxylic acids is 1. The van der Waals surface area contributed by atoms with Gasteiger partial charge in [-0.15, -0.1) is 0 Å². The minimum atomic E-state index is -0.513. The molecular formula is C16H13NO4. The quantitative estimate of drug-likeness (QED) is 0.637. The molecule has 0 aliphatic carbocycles. The summed E-state index contributed by atoms with van der Waals surface area (Å²) < 4.78 is 15.5. The fourth-order valence-corrected chi connectivity index (χ4v) is 1.73. The van der Waals surface area contributed by atoms with Crippen molar-refractivity contribution >= 4 is 5.97 Å². The standard InChI is InChI=1S/C16H13NO4/c1-19-14-8-5-12(9-15(14)20-2)16(18)21-13-6-3-11(10-17)4-7-13/h3-9H,1-2H3. The normalized spacial score (nSPS) is 9.57. The Morgan fingerprint density at radius 1 is 1.00 bits per heavy atom. The van der Waals surface area contributed by atoms with Gasteiger partial charge in [0.2, 0.25) is 0 Å². The molecule has 0 spiro atoms. The van der Waals surface area contributed by atoms with Crippen molar-refractivity contribution in [3.63, 3.8) is 0 Å². The number of methoxy groups -OCH3 is 2. The van der Waals surface area contributed by atoms with Crippen LogP contribution in [0.4, 0.5) is 0 Å². The molecule has 0 aromatic heterocycles. The number of carbonyl (C=O) groups is 1. The zero-order valence-electron chi connectivity index (χ0n) is 11.6. The third-order valence-electron chi connectivity index (χ3n) is 2.81. The predicted octanol–water partition coefficient (Wildman–Crippen LogP) is 2.79. The lowest BCUT2D eigenvalue weighted by atomic mass is 10.2. The Labute approximate surface area is 122 Å². The zero-order valence-corrected chi connectivity index (χ0v) is 11.6. The van der Waals surface area contributed by atoms with Gasteiger partial charge < -0.3 is 14.2 Å². The molecule has 5 heteroatoms. The SMILES string of the molecule is COc1ccc(C(=O)Oc2ccc(C#N)cc2)cc1OC. The van der Waals surface area contributed by atoms with E-state index < -0.39 is 5.97 Å². The molecule has 0 amide bonds. The van der Waals surface area contributed by atoms with Gasteiger partial charge in [-0.25, -0.2) is 4.79 Å². The number of nitriles is 1. The lowest BCUT2D eigenvalue weighted by Crippen LogP contribution is -2.08. The van der Waals surface area contributed by atoms with E-state index in [1.165, 1.54) is 14.2 Å². The van der Waals surface area contributed by atoms with Gasteiger partial charge in [0.05, 0.1) is 31.4 Å². The van der Waals surface area contributed by atoms with Gasteiger partial charge in [-0.2, -0.15) is 5.26 Å². The van der Waals surface area contributed by atoms with E-state index in [-0.39, 0.29) is 0 Å². The van der Waals surface area contributed by atoms with E-state index >= 15 is 0 Å². The monoisotopic (exact) mass is 283 g/mol. The number of ether oxygens (including phenoxy) is 3. The highest BCUT2D eigenvalue weighted by atomic mass is 16.5. The maximum atomic E-state index is 12.1. The van der Waals surface area contributed by atoms with Crippen molar-refractivity contribution in [1.29, 1.82) is 5.26 Å². The van der Waals surface area contributed by atoms with E-state index in [4.69, 9.17) is 19.5 Å². The minimum Gasteiger partial charge on any atom is -0.493 e. The van der Waals surface area contributed by atoms with E-state index in [9.17, 15) is 4.79 Å². The molecule has 0 aliphatic rings. The van der Waals surface area contributed by atoms with Gasteiger partial charge >= 0.3 is 5.97 Å². The fourth-order valence-electron chi connectivity index (χ4n) is 1.73. The summed E-state index contributed by atoms with van der Waals surface area (Å²) in [5, 5.41) is 8.71. The number of benzene rings is 2. The zero-order chi connectivity index (χ0) is 15.2. The maximum Gasteiger partial charge on any atom is 0.343 e. The summed E-state index contributed by atoms with van der Waals surface area (Å²) in [5.41, 5.74) is 0.845. The number of nitrogens with zero attached hydrogens (tertiary/aromatic N) is 1. The van der Waals surface area contributed by atoms with Crippen molar-refractivity contribution in [2.75, 3.05) is 14.2 Å². The van der Waals surface area contributed by atoms with Gasteiger partial charge in [-0.1, -0.05) is 0 Å². The summed E-state index contributed by atoms with van der Waals surface area (Å²) in [5.74, 6) is 0.841. The second kappa shape index (κ2) is 6.44. The second-order valence-electron chi connectivity index (χ2n) is 4.10. The molecule has 0 saturated heterocycles. The number of hydrogen-bond donors (Lipinski definition) is 0. The van der Waals surface area contributed by atoms with E-state index in [1.807, 2.05) is 6.07 Å². The largest absolute Gasteiger partial charge is 0.493 e. The first-order valence-electron chi connectivity index (χ1n) is 6.12. The molecule has 2 aromatic rings. The summed E-state index contributed by atoms with van der Waals surface area (Å²) in [4.78, 5) is 12.1. The Bertz CT molecular complexity index is 686. The molecule has 0 bridgehead atoms. The second-order valence-corrected chi connectivity index (χ2v) is 4.10. The van der Waals surface area contributed by atoms with Crippen molar-refractivity contribution in [2.45, 2.75) is 0 Å². The van der Waals surface area contributed by atoms with Crippen LogP contribution in [0.2, 0.25) is 0 Å². The molecule has 0 heterocycles. The summed E-state index contributed by atoms with van der Waals surface area (Å²) in [6.07, 6.45) is 0. The summed E-state index contributed by atoms with van der Waals surface area (Å²) in [6.45, 7) is 0. The van der Waals surface area contributed by atoms with Crippen LogP contribution in [0, 0.1) is 11.3 Å². The van der Waals surface area contributed by atoms with Crippen LogP contribution >= 0.6 is 0 Å². The Morgan fingerprint density at radius 2 is 1.67 bits per heavy atom. The van der Waals surface area contributed by atoms with Crippen LogP contribution in [0.25, 0.3) is 0 Å². The summed E-state index contributed by atoms with van der Waals surface area (Å²) in [7, 11) is 3.01. The smallest absolute Gasteiger partial charge is 0.343 e. The molecule has 0 saturated carbocycles. The van der Waals surface area contributed by atoms with Crippen LogP contribution in [0.3, 0.4) is 0 Å². The van der Waals surface area contributed by atoms with Crippen LogP contribution in [0.15, 0.2) is 42.5 Å². The van der Waals surface area contributed by atoms with Crippen LogP contribution < -0.4 is 14.2 Å². The van der Waals surface area contributed by atoms with Crippen molar-refractivity contribution in [3.05, 3.63) is 53.6 Å². The molecule has 0 aliphatic heterocycles. The average Bonchev–Trinajstić information content (AvgIpc) is 2.54. The topological polar surface area (TPSA) is 68.5 Å².